The monoisotopic (exact) mass is 405 g/mol. The van der Waals surface area contributed by atoms with Gasteiger partial charge in [0.05, 0.1) is 32.1 Å². The summed E-state index contributed by atoms with van der Waals surface area (Å²) in [7, 11) is 3.07. The molecule has 2 aliphatic rings. The zero-order chi connectivity index (χ0) is 20.3. The van der Waals surface area contributed by atoms with E-state index in [1.54, 1.807) is 35.3 Å². The van der Waals surface area contributed by atoms with Crippen LogP contribution in [0.1, 0.15) is 18.0 Å². The molecule has 1 aromatic carbocycles. The van der Waals surface area contributed by atoms with Crippen molar-refractivity contribution in [2.75, 3.05) is 26.6 Å². The Balaban J connectivity index is 2.11. The van der Waals surface area contributed by atoms with Gasteiger partial charge in [0.2, 0.25) is 5.91 Å². The molecule has 0 bridgehead atoms. The molecule has 0 spiro atoms. The summed E-state index contributed by atoms with van der Waals surface area (Å²) in [6, 6.07) is 4.67. The summed E-state index contributed by atoms with van der Waals surface area (Å²) in [6.07, 6.45) is 7.81. The summed E-state index contributed by atoms with van der Waals surface area (Å²) in [5.74, 6) is -1.23. The highest BCUT2D eigenvalue weighted by Gasteiger charge is 2.50. The number of carbonyl (C=O) groups excluding carboxylic acids is 1. The molecule has 1 saturated heterocycles. The fraction of sp³-hybridized carbons (Fsp3) is 0.429. The number of benzene rings is 1. The number of fused-ring (bicyclic) bond motifs is 1. The Morgan fingerprint density at radius 3 is 2.54 bits per heavy atom. The lowest BCUT2D eigenvalue weighted by Gasteiger charge is -2.46. The summed E-state index contributed by atoms with van der Waals surface area (Å²) in [5, 5.41) is 10.1. The molecule has 1 N–H and O–H groups in total. The van der Waals surface area contributed by atoms with Crippen molar-refractivity contribution in [3.05, 3.63) is 48.1 Å². The van der Waals surface area contributed by atoms with Gasteiger partial charge in [-0.3, -0.25) is 9.59 Å². The van der Waals surface area contributed by atoms with Crippen molar-refractivity contribution in [3.63, 3.8) is 0 Å². The first-order valence-electron chi connectivity index (χ1n) is 9.19. The van der Waals surface area contributed by atoms with Gasteiger partial charge in [-0.2, -0.15) is 0 Å². The number of hydrogen-bond acceptors (Lipinski definition) is 4. The third kappa shape index (κ3) is 3.61. The van der Waals surface area contributed by atoms with Crippen LogP contribution in [0.15, 0.2) is 42.5 Å². The van der Waals surface area contributed by atoms with Gasteiger partial charge < -0.3 is 19.5 Å². The number of amides is 1. The predicted molar refractivity (Wildman–Crippen MR) is 106 cm³/mol. The minimum absolute atomic E-state index is 0.0759. The van der Waals surface area contributed by atoms with Crippen LogP contribution in [0.25, 0.3) is 0 Å². The number of allylic oxidation sites excluding steroid dienone is 3. The lowest BCUT2D eigenvalue weighted by Crippen LogP contribution is -2.54. The van der Waals surface area contributed by atoms with Crippen LogP contribution in [0.3, 0.4) is 0 Å². The molecule has 4 unspecified atom stereocenters. The summed E-state index contributed by atoms with van der Waals surface area (Å²) < 4.78 is 10.7. The van der Waals surface area contributed by atoms with E-state index in [1.165, 1.54) is 14.2 Å². The normalized spacial score (nSPS) is 26.1. The number of piperidine rings is 1. The molecule has 4 atom stereocenters. The highest BCUT2D eigenvalue weighted by atomic mass is 35.5. The Morgan fingerprint density at radius 2 is 1.89 bits per heavy atom. The van der Waals surface area contributed by atoms with Crippen LogP contribution in [0.4, 0.5) is 0 Å². The number of hydrogen-bond donors (Lipinski definition) is 1. The molecule has 1 fully saturated rings. The van der Waals surface area contributed by atoms with Gasteiger partial charge in [-0.1, -0.05) is 30.4 Å². The fourth-order valence-corrected chi connectivity index (χ4v) is 4.27. The average molecular weight is 406 g/mol. The van der Waals surface area contributed by atoms with Crippen molar-refractivity contribution in [1.29, 1.82) is 0 Å². The van der Waals surface area contributed by atoms with E-state index in [0.29, 0.717) is 35.9 Å². The minimum atomic E-state index is -0.932. The zero-order valence-corrected chi connectivity index (χ0v) is 16.6. The Kier molecular flexibility index (Phi) is 6.29. The van der Waals surface area contributed by atoms with Gasteiger partial charge in [-0.15, -0.1) is 11.6 Å². The van der Waals surface area contributed by atoms with E-state index in [-0.39, 0.29) is 5.91 Å². The van der Waals surface area contributed by atoms with E-state index in [1.807, 2.05) is 12.2 Å². The fourth-order valence-electron chi connectivity index (χ4n) is 4.15. The Hall–Kier alpha value is -2.47. The predicted octanol–water partition coefficient (Wildman–Crippen LogP) is 3.28. The number of carbonyl (C=O) groups is 2. The molecule has 1 amide bonds. The number of carboxylic acids is 1. The number of methoxy groups -OCH3 is 2. The van der Waals surface area contributed by atoms with Crippen LogP contribution in [0.2, 0.25) is 0 Å². The number of alkyl halides is 1. The molecule has 0 saturated carbocycles. The van der Waals surface area contributed by atoms with Crippen molar-refractivity contribution in [1.82, 2.24) is 4.90 Å². The van der Waals surface area contributed by atoms with Crippen molar-refractivity contribution in [3.8, 4) is 11.5 Å². The molecule has 6 nitrogen and oxygen atoms in total. The van der Waals surface area contributed by atoms with Gasteiger partial charge in [-0.05, 0) is 24.1 Å². The SMILES string of the molecule is COc1ccc(C2C(C(=O)O)C3C=CC=CC3C(=O)N2CCCCl)cc1OC. The second-order valence-electron chi connectivity index (χ2n) is 6.87. The number of nitrogens with zero attached hydrogens (tertiary/aromatic N) is 1. The van der Waals surface area contributed by atoms with E-state index in [9.17, 15) is 14.7 Å². The van der Waals surface area contributed by atoms with Gasteiger partial charge >= 0.3 is 5.97 Å². The van der Waals surface area contributed by atoms with E-state index in [4.69, 9.17) is 21.1 Å². The van der Waals surface area contributed by atoms with Crippen LogP contribution < -0.4 is 9.47 Å². The van der Waals surface area contributed by atoms with Gasteiger partial charge in [0.25, 0.3) is 0 Å². The second kappa shape index (κ2) is 8.69. The second-order valence-corrected chi connectivity index (χ2v) is 7.25. The molecular weight excluding hydrogens is 382 g/mol. The largest absolute Gasteiger partial charge is 0.493 e. The number of halogens is 1. The maximum atomic E-state index is 13.2. The number of aliphatic carboxylic acids is 1. The lowest BCUT2D eigenvalue weighted by atomic mass is 9.69. The van der Waals surface area contributed by atoms with Crippen LogP contribution in [-0.4, -0.2) is 48.5 Å². The minimum Gasteiger partial charge on any atom is -0.493 e. The first-order valence-corrected chi connectivity index (χ1v) is 9.73. The maximum Gasteiger partial charge on any atom is 0.309 e. The summed E-state index contributed by atoms with van der Waals surface area (Å²) in [6.45, 7) is 0.395. The van der Waals surface area contributed by atoms with E-state index >= 15 is 0 Å². The quantitative estimate of drug-likeness (QED) is 0.704. The lowest BCUT2D eigenvalue weighted by molar-refractivity contribution is -0.158. The Morgan fingerprint density at radius 1 is 1.18 bits per heavy atom. The molecule has 1 aromatic rings. The number of rotatable bonds is 7. The van der Waals surface area contributed by atoms with Gasteiger partial charge in [-0.25, -0.2) is 0 Å². The highest BCUT2D eigenvalue weighted by Crippen LogP contribution is 2.46. The van der Waals surface area contributed by atoms with Crippen molar-refractivity contribution in [2.24, 2.45) is 17.8 Å². The molecular formula is C21H24ClNO5. The average Bonchev–Trinajstić information content (AvgIpc) is 2.72. The van der Waals surface area contributed by atoms with Crippen LogP contribution in [0, 0.1) is 17.8 Å². The first kappa shape index (κ1) is 20.3. The molecule has 1 aliphatic carbocycles. The summed E-state index contributed by atoms with van der Waals surface area (Å²) in [4.78, 5) is 27.2. The zero-order valence-electron chi connectivity index (χ0n) is 15.9. The van der Waals surface area contributed by atoms with Crippen molar-refractivity contribution < 1.29 is 24.2 Å². The molecule has 7 heteroatoms. The van der Waals surface area contributed by atoms with Crippen molar-refractivity contribution >= 4 is 23.5 Å². The summed E-state index contributed by atoms with van der Waals surface area (Å²) in [5.41, 5.74) is 0.703. The van der Waals surface area contributed by atoms with E-state index < -0.39 is 29.8 Å². The number of likely N-dealkylation sites (tertiary alicyclic amines) is 1. The number of carboxylic acid groups (broad SMARTS) is 1. The van der Waals surface area contributed by atoms with Crippen LogP contribution >= 0.6 is 11.6 Å². The Labute approximate surface area is 169 Å². The van der Waals surface area contributed by atoms with E-state index in [2.05, 4.69) is 0 Å². The maximum absolute atomic E-state index is 13.2. The standard InChI is InChI=1S/C21H24ClNO5/c1-27-16-9-8-13(12-17(16)28-2)19-18(21(25)26)14-6-3-4-7-15(14)20(24)23(19)11-5-10-22/h3-4,6-9,12,14-15,18-19H,5,10-11H2,1-2H3,(H,25,26). The Bertz CT molecular complexity index is 806. The van der Waals surface area contributed by atoms with Gasteiger partial charge in [0.1, 0.15) is 0 Å². The van der Waals surface area contributed by atoms with Crippen molar-refractivity contribution in [2.45, 2.75) is 12.5 Å². The molecule has 28 heavy (non-hydrogen) atoms. The molecule has 150 valence electrons. The van der Waals surface area contributed by atoms with Gasteiger partial charge in [0, 0.05) is 18.3 Å². The van der Waals surface area contributed by atoms with E-state index in [0.717, 1.165) is 0 Å². The van der Waals surface area contributed by atoms with Crippen LogP contribution in [-0.2, 0) is 9.59 Å². The molecule has 3 rings (SSSR count). The third-order valence-corrected chi connectivity index (χ3v) is 5.67. The van der Waals surface area contributed by atoms with Gasteiger partial charge in [0.15, 0.2) is 11.5 Å². The first-order chi connectivity index (χ1) is 13.5. The topological polar surface area (TPSA) is 76.1 Å². The molecule has 1 heterocycles. The summed E-state index contributed by atoms with van der Waals surface area (Å²) >= 11 is 5.87. The smallest absolute Gasteiger partial charge is 0.309 e. The highest BCUT2D eigenvalue weighted by molar-refractivity contribution is 6.17. The molecule has 1 aliphatic heterocycles. The third-order valence-electron chi connectivity index (χ3n) is 5.40. The molecule has 0 radical (unpaired) electrons. The van der Waals surface area contributed by atoms with Crippen LogP contribution in [0.5, 0.6) is 11.5 Å². The number of ether oxygens (including phenoxy) is 2. The molecule has 0 aromatic heterocycles.